The lowest BCUT2D eigenvalue weighted by atomic mass is 10.1. The van der Waals surface area contributed by atoms with Crippen LogP contribution in [0.15, 0.2) is 39.9 Å². The van der Waals surface area contributed by atoms with Crippen LogP contribution in [0.25, 0.3) is 11.8 Å². The molecule has 172 valence electrons. The van der Waals surface area contributed by atoms with Gasteiger partial charge in [-0.05, 0) is 61.4 Å². The second-order valence-electron chi connectivity index (χ2n) is 8.31. The number of aromatic nitrogens is 1. The predicted octanol–water partition coefficient (Wildman–Crippen LogP) is 4.78. The molecule has 0 unspecified atom stereocenters. The van der Waals surface area contributed by atoms with Crippen LogP contribution < -0.4 is 9.47 Å². The van der Waals surface area contributed by atoms with Gasteiger partial charge in [0.25, 0.3) is 5.91 Å². The highest BCUT2D eigenvalue weighted by atomic mass is 32.2. The Morgan fingerprint density at radius 2 is 1.94 bits per heavy atom. The van der Waals surface area contributed by atoms with Crippen molar-refractivity contribution in [2.45, 2.75) is 34.1 Å². The quantitative estimate of drug-likeness (QED) is 0.620. The van der Waals surface area contributed by atoms with Gasteiger partial charge in [0.1, 0.15) is 16.5 Å². The average Bonchev–Trinajstić information content (AvgIpc) is 3.29. The molecule has 2 aliphatic rings. The van der Waals surface area contributed by atoms with Gasteiger partial charge in [-0.1, -0.05) is 13.8 Å². The van der Waals surface area contributed by atoms with Gasteiger partial charge in [-0.15, -0.1) is 0 Å². The van der Waals surface area contributed by atoms with E-state index in [0.717, 1.165) is 34.1 Å². The number of methoxy groups -OCH3 is 2. The lowest BCUT2D eigenvalue weighted by Crippen LogP contribution is -2.35. The van der Waals surface area contributed by atoms with Crippen LogP contribution in [0.5, 0.6) is 11.5 Å². The Balaban J connectivity index is 1.72. The van der Waals surface area contributed by atoms with Gasteiger partial charge in [-0.3, -0.25) is 10.2 Å². The molecule has 0 atom stereocenters. The molecule has 0 spiro atoms. The summed E-state index contributed by atoms with van der Waals surface area (Å²) in [6, 6.07) is 7.63. The van der Waals surface area contributed by atoms with Gasteiger partial charge in [0.05, 0.1) is 25.5 Å². The standard InChI is InChI=1S/C24H27N5O3S/c1-13(2)9-21-27-29-22(25)18(23(30)26-24(29)33-21)11-16-10-14(3)28(15(16)4)19-8-7-17(31-5)12-20(19)32-6/h7-8,10-13,25H,9H2,1-6H3/b18-11-,25-22?. The van der Waals surface area contributed by atoms with E-state index in [2.05, 4.69) is 28.5 Å². The molecule has 33 heavy (non-hydrogen) atoms. The van der Waals surface area contributed by atoms with Crippen molar-refractivity contribution in [2.24, 2.45) is 16.0 Å². The van der Waals surface area contributed by atoms with Crippen molar-refractivity contribution in [1.29, 1.82) is 5.41 Å². The van der Waals surface area contributed by atoms with Crippen LogP contribution in [-0.2, 0) is 4.79 Å². The first-order valence-electron chi connectivity index (χ1n) is 10.6. The first-order chi connectivity index (χ1) is 15.7. The number of rotatable bonds is 6. The van der Waals surface area contributed by atoms with E-state index in [1.807, 2.05) is 38.1 Å². The molecule has 1 aromatic heterocycles. The number of carbonyl (C=O) groups excluding carboxylic acids is 1. The third kappa shape index (κ3) is 4.20. The zero-order valence-corrected chi connectivity index (χ0v) is 20.4. The average molecular weight is 466 g/mol. The van der Waals surface area contributed by atoms with E-state index in [1.54, 1.807) is 20.3 Å². The fourth-order valence-electron chi connectivity index (χ4n) is 3.89. The summed E-state index contributed by atoms with van der Waals surface area (Å²) in [7, 11) is 3.23. The summed E-state index contributed by atoms with van der Waals surface area (Å²) in [6.45, 7) is 8.18. The van der Waals surface area contributed by atoms with Crippen LogP contribution in [0.2, 0.25) is 0 Å². The second-order valence-corrected chi connectivity index (χ2v) is 9.35. The lowest BCUT2D eigenvalue weighted by Gasteiger charge is -2.20. The Bertz CT molecular complexity index is 1240. The van der Waals surface area contributed by atoms with Crippen molar-refractivity contribution in [1.82, 2.24) is 9.58 Å². The molecule has 0 bridgehead atoms. The molecule has 0 aliphatic carbocycles. The van der Waals surface area contributed by atoms with Crippen molar-refractivity contribution in [3.63, 3.8) is 0 Å². The van der Waals surface area contributed by atoms with E-state index in [4.69, 9.17) is 14.9 Å². The summed E-state index contributed by atoms with van der Waals surface area (Å²) >= 11 is 1.36. The summed E-state index contributed by atoms with van der Waals surface area (Å²) in [5.74, 6) is 1.43. The Kier molecular flexibility index (Phi) is 6.16. The number of aliphatic imine (C=N–C) groups is 1. The first-order valence-corrected chi connectivity index (χ1v) is 11.5. The molecule has 1 amide bonds. The molecule has 8 nitrogen and oxygen atoms in total. The number of amidine groups is 2. The van der Waals surface area contributed by atoms with Gasteiger partial charge in [-0.25, -0.2) is 0 Å². The van der Waals surface area contributed by atoms with Crippen LogP contribution >= 0.6 is 11.8 Å². The lowest BCUT2D eigenvalue weighted by molar-refractivity contribution is -0.114. The van der Waals surface area contributed by atoms with Crippen molar-refractivity contribution in [2.75, 3.05) is 14.2 Å². The van der Waals surface area contributed by atoms with Crippen molar-refractivity contribution < 1.29 is 14.3 Å². The second kappa shape index (κ2) is 8.90. The maximum Gasteiger partial charge on any atom is 0.283 e. The zero-order chi connectivity index (χ0) is 23.9. The topological polar surface area (TPSA) is 92.3 Å². The van der Waals surface area contributed by atoms with Gasteiger partial charge in [0.2, 0.25) is 5.17 Å². The minimum atomic E-state index is -0.424. The number of hydrogen-bond donors (Lipinski definition) is 1. The first kappa shape index (κ1) is 22.8. The molecule has 4 rings (SSSR count). The number of hydrazone groups is 1. The van der Waals surface area contributed by atoms with Gasteiger partial charge in [0.15, 0.2) is 5.84 Å². The molecule has 9 heteroatoms. The van der Waals surface area contributed by atoms with E-state index in [1.165, 1.54) is 16.8 Å². The number of nitrogens with zero attached hydrogens (tertiary/aromatic N) is 4. The third-order valence-electron chi connectivity index (χ3n) is 5.48. The minimum absolute atomic E-state index is 0.0445. The molecular formula is C24H27N5O3S. The third-order valence-corrected chi connectivity index (χ3v) is 6.41. The number of carbonyl (C=O) groups is 1. The highest BCUT2D eigenvalue weighted by Gasteiger charge is 2.35. The number of ether oxygens (including phenoxy) is 2. The van der Waals surface area contributed by atoms with Gasteiger partial charge < -0.3 is 14.0 Å². The molecule has 2 aliphatic heterocycles. The maximum absolute atomic E-state index is 12.8. The maximum atomic E-state index is 12.8. The number of benzene rings is 1. The Labute approximate surface area is 197 Å². The smallest absolute Gasteiger partial charge is 0.283 e. The molecule has 0 radical (unpaired) electrons. The van der Waals surface area contributed by atoms with Gasteiger partial charge in [0, 0.05) is 23.9 Å². The van der Waals surface area contributed by atoms with Gasteiger partial charge >= 0.3 is 0 Å². The van der Waals surface area contributed by atoms with Crippen LogP contribution in [0.4, 0.5) is 0 Å². The number of thioether (sulfide) groups is 1. The highest BCUT2D eigenvalue weighted by Crippen LogP contribution is 2.34. The normalized spacial score (nSPS) is 16.9. The van der Waals surface area contributed by atoms with Crippen molar-refractivity contribution >= 4 is 39.8 Å². The summed E-state index contributed by atoms with van der Waals surface area (Å²) in [6.07, 6.45) is 2.51. The van der Waals surface area contributed by atoms with Crippen LogP contribution in [0.1, 0.15) is 37.2 Å². The zero-order valence-electron chi connectivity index (χ0n) is 19.6. The molecular weight excluding hydrogens is 438 g/mol. The fourth-order valence-corrected chi connectivity index (χ4v) is 4.99. The molecule has 3 heterocycles. The summed E-state index contributed by atoms with van der Waals surface area (Å²) in [5, 5.41) is 15.9. The predicted molar refractivity (Wildman–Crippen MR) is 133 cm³/mol. The number of fused-ring (bicyclic) bond motifs is 1. The van der Waals surface area contributed by atoms with E-state index in [0.29, 0.717) is 22.6 Å². The molecule has 0 saturated heterocycles. The summed E-state index contributed by atoms with van der Waals surface area (Å²) < 4.78 is 13.0. The van der Waals surface area contributed by atoms with Crippen LogP contribution in [0, 0.1) is 25.2 Å². The summed E-state index contributed by atoms with van der Waals surface area (Å²) in [4.78, 5) is 17.0. The molecule has 0 saturated carbocycles. The Hall–Kier alpha value is -3.33. The van der Waals surface area contributed by atoms with Crippen molar-refractivity contribution in [3.8, 4) is 17.2 Å². The molecule has 0 fully saturated rings. The van der Waals surface area contributed by atoms with Gasteiger partial charge in [-0.2, -0.15) is 15.1 Å². The largest absolute Gasteiger partial charge is 0.497 e. The summed E-state index contributed by atoms with van der Waals surface area (Å²) in [5.41, 5.74) is 3.79. The van der Waals surface area contributed by atoms with Crippen LogP contribution in [-0.4, -0.2) is 45.7 Å². The molecule has 2 aromatic rings. The van der Waals surface area contributed by atoms with Crippen LogP contribution in [0.3, 0.4) is 0 Å². The fraction of sp³-hybridized carbons (Fsp3) is 0.333. The molecule has 1 aromatic carbocycles. The number of amides is 1. The van der Waals surface area contributed by atoms with E-state index >= 15 is 0 Å². The minimum Gasteiger partial charge on any atom is -0.497 e. The number of hydrogen-bond acceptors (Lipinski definition) is 6. The van der Waals surface area contributed by atoms with E-state index < -0.39 is 5.91 Å². The SMILES string of the molecule is COc1ccc(-n2c(C)cc(/C=C3/C(=N)N4N=C(CC(C)C)SC4=NC3=O)c2C)c(OC)c1. The Morgan fingerprint density at radius 3 is 2.61 bits per heavy atom. The highest BCUT2D eigenvalue weighted by molar-refractivity contribution is 8.26. The van der Waals surface area contributed by atoms with Crippen molar-refractivity contribution in [3.05, 3.63) is 46.8 Å². The monoisotopic (exact) mass is 465 g/mol. The van der Waals surface area contributed by atoms with E-state index in [-0.39, 0.29) is 11.4 Å². The Morgan fingerprint density at radius 1 is 1.18 bits per heavy atom. The molecule has 1 N–H and O–H groups in total. The number of nitrogens with one attached hydrogen (secondary N) is 1. The number of aryl methyl sites for hydroxylation is 1. The van der Waals surface area contributed by atoms with E-state index in [9.17, 15) is 4.79 Å².